The lowest BCUT2D eigenvalue weighted by atomic mass is 10.1. The van der Waals surface area contributed by atoms with Gasteiger partial charge in [-0.1, -0.05) is 5.16 Å². The monoisotopic (exact) mass is 329 g/mol. The summed E-state index contributed by atoms with van der Waals surface area (Å²) in [7, 11) is 1.68. The Hall–Kier alpha value is -2.77. The van der Waals surface area contributed by atoms with Crippen molar-refractivity contribution in [2.45, 2.75) is 19.9 Å². The lowest BCUT2D eigenvalue weighted by molar-refractivity contribution is -0.135. The second kappa shape index (κ2) is 6.77. The van der Waals surface area contributed by atoms with Gasteiger partial charge in [-0.3, -0.25) is 14.6 Å². The van der Waals surface area contributed by atoms with Crippen molar-refractivity contribution >= 4 is 11.8 Å². The molecule has 0 aromatic carbocycles. The molecule has 2 amide bonds. The van der Waals surface area contributed by atoms with E-state index in [-0.39, 0.29) is 30.7 Å². The SMILES string of the molecule is CCN1C[C@@H](C(=O)N(C)Cc2nc(-c3ccncc3)no2)CC1=O. The molecule has 24 heavy (non-hydrogen) atoms. The third-order valence-electron chi connectivity index (χ3n) is 4.10. The van der Waals surface area contributed by atoms with Crippen LogP contribution in [0.2, 0.25) is 0 Å². The van der Waals surface area contributed by atoms with Crippen LogP contribution in [0.4, 0.5) is 0 Å². The molecule has 1 aliphatic rings. The number of aromatic nitrogens is 3. The van der Waals surface area contributed by atoms with Gasteiger partial charge in [-0.15, -0.1) is 0 Å². The van der Waals surface area contributed by atoms with E-state index >= 15 is 0 Å². The van der Waals surface area contributed by atoms with Gasteiger partial charge in [0.25, 0.3) is 0 Å². The van der Waals surface area contributed by atoms with E-state index in [4.69, 9.17) is 4.52 Å². The third kappa shape index (κ3) is 3.27. The number of carbonyl (C=O) groups is 2. The van der Waals surface area contributed by atoms with Crippen molar-refractivity contribution in [1.29, 1.82) is 0 Å². The number of likely N-dealkylation sites (tertiary alicyclic amines) is 1. The first-order chi connectivity index (χ1) is 11.6. The van der Waals surface area contributed by atoms with Crippen molar-refractivity contribution in [1.82, 2.24) is 24.9 Å². The van der Waals surface area contributed by atoms with E-state index in [0.29, 0.717) is 24.8 Å². The topological polar surface area (TPSA) is 92.4 Å². The molecule has 1 atom stereocenters. The maximum absolute atomic E-state index is 12.5. The first-order valence-electron chi connectivity index (χ1n) is 7.84. The van der Waals surface area contributed by atoms with Gasteiger partial charge in [0.1, 0.15) is 0 Å². The highest BCUT2D eigenvalue weighted by Gasteiger charge is 2.35. The molecule has 1 fully saturated rings. The molecule has 0 bridgehead atoms. The lowest BCUT2D eigenvalue weighted by Gasteiger charge is -2.19. The van der Waals surface area contributed by atoms with Gasteiger partial charge in [0.15, 0.2) is 0 Å². The summed E-state index contributed by atoms with van der Waals surface area (Å²) in [6.07, 6.45) is 3.57. The van der Waals surface area contributed by atoms with E-state index in [1.165, 1.54) is 4.90 Å². The van der Waals surface area contributed by atoms with Gasteiger partial charge < -0.3 is 14.3 Å². The summed E-state index contributed by atoms with van der Waals surface area (Å²) in [5.41, 5.74) is 0.800. The molecule has 126 valence electrons. The molecule has 0 N–H and O–H groups in total. The quantitative estimate of drug-likeness (QED) is 0.811. The standard InChI is InChI=1S/C16H19N5O3/c1-3-21-9-12(8-14(21)22)16(23)20(2)10-13-18-15(19-24-13)11-4-6-17-7-5-11/h4-7,12H,3,8-10H2,1-2H3/t12-/m0/s1. The van der Waals surface area contributed by atoms with E-state index in [1.54, 1.807) is 36.5 Å². The van der Waals surface area contributed by atoms with E-state index in [2.05, 4.69) is 15.1 Å². The zero-order valence-corrected chi connectivity index (χ0v) is 13.7. The van der Waals surface area contributed by atoms with Gasteiger partial charge in [-0.25, -0.2) is 0 Å². The predicted octanol–water partition coefficient (Wildman–Crippen LogP) is 0.958. The molecule has 8 heteroatoms. The van der Waals surface area contributed by atoms with Crippen molar-refractivity contribution in [3.05, 3.63) is 30.4 Å². The number of pyridine rings is 1. The summed E-state index contributed by atoms with van der Waals surface area (Å²) < 4.78 is 5.21. The molecular formula is C16H19N5O3. The van der Waals surface area contributed by atoms with Gasteiger partial charge in [0, 0.05) is 44.5 Å². The number of hydrogen-bond acceptors (Lipinski definition) is 6. The van der Waals surface area contributed by atoms with Crippen molar-refractivity contribution in [3.8, 4) is 11.4 Å². The zero-order valence-electron chi connectivity index (χ0n) is 13.7. The Morgan fingerprint density at radius 3 is 2.83 bits per heavy atom. The molecule has 2 aromatic rings. The first kappa shape index (κ1) is 16.1. The van der Waals surface area contributed by atoms with Gasteiger partial charge in [0.05, 0.1) is 12.5 Å². The van der Waals surface area contributed by atoms with Gasteiger partial charge in [0.2, 0.25) is 23.5 Å². The van der Waals surface area contributed by atoms with Crippen molar-refractivity contribution in [2.75, 3.05) is 20.1 Å². The second-order valence-corrected chi connectivity index (χ2v) is 5.78. The Morgan fingerprint density at radius 1 is 1.42 bits per heavy atom. The van der Waals surface area contributed by atoms with Gasteiger partial charge in [-0.05, 0) is 19.1 Å². The fourth-order valence-electron chi connectivity index (χ4n) is 2.77. The number of carbonyl (C=O) groups excluding carboxylic acids is 2. The average molecular weight is 329 g/mol. The van der Waals surface area contributed by atoms with Crippen LogP contribution >= 0.6 is 0 Å². The maximum atomic E-state index is 12.5. The molecule has 0 aliphatic carbocycles. The summed E-state index contributed by atoms with van der Waals surface area (Å²) in [6.45, 7) is 3.23. The average Bonchev–Trinajstić information content (AvgIpc) is 3.21. The molecule has 3 rings (SSSR count). The predicted molar refractivity (Wildman–Crippen MR) is 84.4 cm³/mol. The molecule has 1 aliphatic heterocycles. The van der Waals surface area contributed by atoms with E-state index in [9.17, 15) is 9.59 Å². The highest BCUT2D eigenvalue weighted by molar-refractivity contribution is 5.89. The minimum absolute atomic E-state index is 0.0296. The number of nitrogens with zero attached hydrogens (tertiary/aromatic N) is 5. The van der Waals surface area contributed by atoms with Crippen molar-refractivity contribution in [2.24, 2.45) is 5.92 Å². The fraction of sp³-hybridized carbons (Fsp3) is 0.438. The molecular weight excluding hydrogens is 310 g/mol. The molecule has 0 saturated carbocycles. The van der Waals surface area contributed by atoms with Crippen LogP contribution in [0.5, 0.6) is 0 Å². The second-order valence-electron chi connectivity index (χ2n) is 5.78. The van der Waals surface area contributed by atoms with Crippen LogP contribution in [0.3, 0.4) is 0 Å². The molecule has 1 saturated heterocycles. The van der Waals surface area contributed by atoms with E-state index in [0.717, 1.165) is 5.56 Å². The number of rotatable bonds is 5. The van der Waals surface area contributed by atoms with Gasteiger partial charge >= 0.3 is 0 Å². The molecule has 0 unspecified atom stereocenters. The third-order valence-corrected chi connectivity index (χ3v) is 4.10. The molecule has 8 nitrogen and oxygen atoms in total. The van der Waals surface area contributed by atoms with E-state index < -0.39 is 0 Å². The Labute approximate surface area is 139 Å². The fourth-order valence-corrected chi connectivity index (χ4v) is 2.77. The Balaban J connectivity index is 1.63. The summed E-state index contributed by atoms with van der Waals surface area (Å²) in [4.78, 5) is 35.7. The maximum Gasteiger partial charge on any atom is 0.246 e. The Bertz CT molecular complexity index is 730. The molecule has 3 heterocycles. The van der Waals surface area contributed by atoms with Crippen LogP contribution in [0.1, 0.15) is 19.2 Å². The number of amides is 2. The van der Waals surface area contributed by atoms with Crippen LogP contribution in [0, 0.1) is 5.92 Å². The largest absolute Gasteiger partial charge is 0.342 e. The summed E-state index contributed by atoms with van der Waals surface area (Å²) in [5, 5.41) is 3.92. The number of hydrogen-bond donors (Lipinski definition) is 0. The van der Waals surface area contributed by atoms with Crippen LogP contribution in [0.25, 0.3) is 11.4 Å². The van der Waals surface area contributed by atoms with Crippen LogP contribution in [-0.4, -0.2) is 56.9 Å². The summed E-state index contributed by atoms with van der Waals surface area (Å²) >= 11 is 0. The van der Waals surface area contributed by atoms with E-state index in [1.807, 2.05) is 6.92 Å². The van der Waals surface area contributed by atoms with Crippen LogP contribution < -0.4 is 0 Å². The zero-order chi connectivity index (χ0) is 17.1. The van der Waals surface area contributed by atoms with Crippen molar-refractivity contribution in [3.63, 3.8) is 0 Å². The Kier molecular flexibility index (Phi) is 4.54. The minimum Gasteiger partial charge on any atom is -0.342 e. The van der Waals surface area contributed by atoms with Crippen molar-refractivity contribution < 1.29 is 14.1 Å². The van der Waals surface area contributed by atoms with Gasteiger partial charge in [-0.2, -0.15) is 4.98 Å². The lowest BCUT2D eigenvalue weighted by Crippen LogP contribution is -2.34. The summed E-state index contributed by atoms with van der Waals surface area (Å²) in [5.74, 6) is 0.464. The van der Waals surface area contributed by atoms with Crippen LogP contribution in [-0.2, 0) is 16.1 Å². The highest BCUT2D eigenvalue weighted by atomic mass is 16.5. The van der Waals surface area contributed by atoms with Crippen LogP contribution in [0.15, 0.2) is 29.0 Å². The summed E-state index contributed by atoms with van der Waals surface area (Å²) in [6, 6.07) is 3.57. The minimum atomic E-state index is -0.301. The smallest absolute Gasteiger partial charge is 0.246 e. The molecule has 2 aromatic heterocycles. The Morgan fingerprint density at radius 2 is 2.17 bits per heavy atom. The highest BCUT2D eigenvalue weighted by Crippen LogP contribution is 2.20. The molecule has 0 spiro atoms. The first-order valence-corrected chi connectivity index (χ1v) is 7.84. The molecule has 0 radical (unpaired) electrons. The normalized spacial score (nSPS) is 17.3.